The Hall–Kier alpha value is -1.82. The molecule has 2 rings (SSSR count). The molecule has 1 saturated heterocycles. The fourth-order valence-corrected chi connectivity index (χ4v) is 2.68. The van der Waals surface area contributed by atoms with Gasteiger partial charge < -0.3 is 19.9 Å². The summed E-state index contributed by atoms with van der Waals surface area (Å²) in [5.41, 5.74) is 1.07. The minimum Gasteiger partial charge on any atom is -0.382 e. The van der Waals surface area contributed by atoms with Gasteiger partial charge in [-0.15, -0.1) is 0 Å². The molecule has 0 unspecified atom stereocenters. The van der Waals surface area contributed by atoms with E-state index in [1.165, 1.54) is 12.1 Å². The first-order chi connectivity index (χ1) is 11.2. The van der Waals surface area contributed by atoms with Crippen molar-refractivity contribution in [3.8, 4) is 0 Å². The fraction of sp³-hybridized carbons (Fsp3) is 0.588. The van der Waals surface area contributed by atoms with Crippen molar-refractivity contribution in [3.63, 3.8) is 0 Å². The van der Waals surface area contributed by atoms with Crippen molar-refractivity contribution in [2.24, 2.45) is 4.99 Å². The smallest absolute Gasteiger partial charge is 0.193 e. The highest BCUT2D eigenvalue weighted by atomic mass is 19.1. The van der Waals surface area contributed by atoms with E-state index < -0.39 is 0 Å². The van der Waals surface area contributed by atoms with E-state index in [-0.39, 0.29) is 5.82 Å². The Morgan fingerprint density at radius 3 is 2.52 bits per heavy atom. The minimum atomic E-state index is -0.191. The van der Waals surface area contributed by atoms with Crippen LogP contribution in [0.5, 0.6) is 0 Å². The molecule has 1 aromatic carbocycles. The van der Waals surface area contributed by atoms with Gasteiger partial charge in [-0.2, -0.15) is 0 Å². The average molecular weight is 322 g/mol. The molecule has 128 valence electrons. The van der Waals surface area contributed by atoms with Gasteiger partial charge in [0.15, 0.2) is 5.96 Å². The second-order valence-corrected chi connectivity index (χ2v) is 5.47. The van der Waals surface area contributed by atoms with Crippen LogP contribution in [0.1, 0.15) is 13.3 Å². The third-order valence-corrected chi connectivity index (χ3v) is 3.94. The van der Waals surface area contributed by atoms with Gasteiger partial charge in [-0.05, 0) is 37.6 Å². The summed E-state index contributed by atoms with van der Waals surface area (Å²) in [7, 11) is 1.82. The molecule has 5 nitrogen and oxygen atoms in total. The Kier molecular flexibility index (Phi) is 7.13. The number of aliphatic imine (C=N–C) groups is 1. The molecule has 0 amide bonds. The zero-order chi connectivity index (χ0) is 16.5. The van der Waals surface area contributed by atoms with Gasteiger partial charge in [0, 0.05) is 58.7 Å². The van der Waals surface area contributed by atoms with Gasteiger partial charge in [0.05, 0.1) is 0 Å². The summed E-state index contributed by atoms with van der Waals surface area (Å²) in [6, 6.07) is 6.71. The lowest BCUT2D eigenvalue weighted by Crippen LogP contribution is -2.52. The molecule has 1 N–H and O–H groups in total. The lowest BCUT2D eigenvalue weighted by Gasteiger charge is -2.37. The highest BCUT2D eigenvalue weighted by Crippen LogP contribution is 2.16. The molecular weight excluding hydrogens is 295 g/mol. The van der Waals surface area contributed by atoms with Crippen molar-refractivity contribution in [1.82, 2.24) is 10.2 Å². The molecule has 23 heavy (non-hydrogen) atoms. The number of hydrogen-bond acceptors (Lipinski definition) is 3. The molecule has 0 atom stereocenters. The predicted octanol–water partition coefficient (Wildman–Crippen LogP) is 1.95. The number of rotatable bonds is 6. The maximum atomic E-state index is 13.0. The van der Waals surface area contributed by atoms with Crippen molar-refractivity contribution in [2.75, 3.05) is 57.9 Å². The van der Waals surface area contributed by atoms with Crippen LogP contribution < -0.4 is 10.2 Å². The SMILES string of the molecule is CCOCCCNC(=NC)N1CCN(c2ccc(F)cc2)CC1. The Labute approximate surface area is 138 Å². The molecule has 6 heteroatoms. The van der Waals surface area contributed by atoms with E-state index in [1.54, 1.807) is 0 Å². The monoisotopic (exact) mass is 322 g/mol. The van der Waals surface area contributed by atoms with E-state index in [9.17, 15) is 4.39 Å². The minimum absolute atomic E-state index is 0.191. The summed E-state index contributed by atoms with van der Waals surface area (Å²) in [5, 5.41) is 3.39. The van der Waals surface area contributed by atoms with Crippen LogP contribution in [0.25, 0.3) is 0 Å². The second kappa shape index (κ2) is 9.35. The summed E-state index contributed by atoms with van der Waals surface area (Å²) < 4.78 is 18.3. The highest BCUT2D eigenvalue weighted by molar-refractivity contribution is 5.80. The maximum absolute atomic E-state index is 13.0. The number of halogens is 1. The van der Waals surface area contributed by atoms with Gasteiger partial charge in [-0.1, -0.05) is 0 Å². The molecule has 0 radical (unpaired) electrons. The number of ether oxygens (including phenoxy) is 1. The van der Waals surface area contributed by atoms with Crippen LogP contribution in [0.2, 0.25) is 0 Å². The molecule has 1 fully saturated rings. The number of benzene rings is 1. The number of nitrogens with zero attached hydrogens (tertiary/aromatic N) is 3. The summed E-state index contributed by atoms with van der Waals surface area (Å²) in [4.78, 5) is 8.90. The maximum Gasteiger partial charge on any atom is 0.193 e. The Bertz CT molecular complexity index is 484. The highest BCUT2D eigenvalue weighted by Gasteiger charge is 2.19. The lowest BCUT2D eigenvalue weighted by molar-refractivity contribution is 0.145. The van der Waals surface area contributed by atoms with E-state index in [4.69, 9.17) is 4.74 Å². The van der Waals surface area contributed by atoms with E-state index in [1.807, 2.05) is 26.1 Å². The Balaban J connectivity index is 1.77. The van der Waals surface area contributed by atoms with Crippen LogP contribution in [-0.4, -0.2) is 63.8 Å². The zero-order valence-electron chi connectivity index (χ0n) is 14.1. The van der Waals surface area contributed by atoms with Crippen molar-refractivity contribution < 1.29 is 9.13 Å². The Morgan fingerprint density at radius 1 is 1.22 bits per heavy atom. The second-order valence-electron chi connectivity index (χ2n) is 5.47. The van der Waals surface area contributed by atoms with Gasteiger partial charge in [0.2, 0.25) is 0 Å². The fourth-order valence-electron chi connectivity index (χ4n) is 2.68. The van der Waals surface area contributed by atoms with Gasteiger partial charge >= 0.3 is 0 Å². The Morgan fingerprint density at radius 2 is 1.91 bits per heavy atom. The number of nitrogens with one attached hydrogen (secondary N) is 1. The van der Waals surface area contributed by atoms with Crippen LogP contribution in [0.3, 0.4) is 0 Å². The summed E-state index contributed by atoms with van der Waals surface area (Å²) >= 11 is 0. The van der Waals surface area contributed by atoms with Crippen LogP contribution in [0.15, 0.2) is 29.3 Å². The first-order valence-electron chi connectivity index (χ1n) is 8.28. The molecule has 1 aliphatic rings. The number of anilines is 1. The molecule has 0 aromatic heterocycles. The third-order valence-electron chi connectivity index (χ3n) is 3.94. The number of guanidine groups is 1. The topological polar surface area (TPSA) is 40.1 Å². The quantitative estimate of drug-likeness (QED) is 0.494. The first-order valence-corrected chi connectivity index (χ1v) is 8.28. The summed E-state index contributed by atoms with van der Waals surface area (Å²) in [6.45, 7) is 8.04. The average Bonchev–Trinajstić information content (AvgIpc) is 2.59. The molecule has 0 saturated carbocycles. The normalized spacial score (nSPS) is 15.9. The number of hydrogen-bond donors (Lipinski definition) is 1. The van der Waals surface area contributed by atoms with Crippen molar-refractivity contribution in [1.29, 1.82) is 0 Å². The van der Waals surface area contributed by atoms with Crippen LogP contribution in [-0.2, 0) is 4.74 Å². The molecule has 0 bridgehead atoms. The summed E-state index contributed by atoms with van der Waals surface area (Å²) in [5.74, 6) is 0.754. The van der Waals surface area contributed by atoms with Gasteiger partial charge in [-0.3, -0.25) is 4.99 Å². The third kappa shape index (κ3) is 5.39. The molecule has 1 aromatic rings. The van der Waals surface area contributed by atoms with Crippen LogP contribution >= 0.6 is 0 Å². The number of piperazine rings is 1. The molecule has 0 spiro atoms. The zero-order valence-corrected chi connectivity index (χ0v) is 14.1. The van der Waals surface area contributed by atoms with Gasteiger partial charge in [0.25, 0.3) is 0 Å². The van der Waals surface area contributed by atoms with E-state index in [0.717, 1.165) is 64.0 Å². The van der Waals surface area contributed by atoms with E-state index in [2.05, 4.69) is 20.1 Å². The van der Waals surface area contributed by atoms with E-state index >= 15 is 0 Å². The summed E-state index contributed by atoms with van der Waals surface area (Å²) in [6.07, 6.45) is 0.975. The van der Waals surface area contributed by atoms with Crippen molar-refractivity contribution >= 4 is 11.6 Å². The lowest BCUT2D eigenvalue weighted by atomic mass is 10.2. The van der Waals surface area contributed by atoms with Gasteiger partial charge in [0.1, 0.15) is 5.82 Å². The van der Waals surface area contributed by atoms with Crippen molar-refractivity contribution in [3.05, 3.63) is 30.1 Å². The van der Waals surface area contributed by atoms with Crippen molar-refractivity contribution in [2.45, 2.75) is 13.3 Å². The largest absolute Gasteiger partial charge is 0.382 e. The first kappa shape index (κ1) is 17.5. The van der Waals surface area contributed by atoms with Crippen LogP contribution in [0, 0.1) is 5.82 Å². The molecule has 1 heterocycles. The molecular formula is C17H27FN4O. The van der Waals surface area contributed by atoms with Crippen LogP contribution in [0.4, 0.5) is 10.1 Å². The molecule has 1 aliphatic heterocycles. The molecule has 0 aliphatic carbocycles. The standard InChI is InChI=1S/C17H27FN4O/c1-3-23-14-4-9-20-17(19-2)22-12-10-21(11-13-22)16-7-5-15(18)6-8-16/h5-8H,3-4,9-14H2,1-2H3,(H,19,20). The van der Waals surface area contributed by atoms with Gasteiger partial charge in [-0.25, -0.2) is 4.39 Å². The predicted molar refractivity (Wildman–Crippen MR) is 92.7 cm³/mol. The van der Waals surface area contributed by atoms with E-state index in [0.29, 0.717) is 0 Å².